The van der Waals surface area contributed by atoms with E-state index in [1.807, 2.05) is 7.05 Å². The second-order valence-electron chi connectivity index (χ2n) is 6.55. The summed E-state index contributed by atoms with van der Waals surface area (Å²) in [6.07, 6.45) is 4.48. The highest BCUT2D eigenvalue weighted by atomic mass is 127. The topological polar surface area (TPSA) is 46.1 Å². The van der Waals surface area contributed by atoms with Gasteiger partial charge in [-0.1, -0.05) is 24.3 Å². The summed E-state index contributed by atoms with van der Waals surface area (Å²) in [4.78, 5) is 6.79. The Morgan fingerprint density at radius 1 is 1.23 bits per heavy atom. The summed E-state index contributed by atoms with van der Waals surface area (Å²) in [6, 6.07) is 8.56. The van der Waals surface area contributed by atoms with E-state index < -0.39 is 0 Å². The molecule has 0 radical (unpaired) electrons. The molecule has 0 aromatic heterocycles. The van der Waals surface area contributed by atoms with E-state index in [-0.39, 0.29) is 24.0 Å². The Bertz CT molecular complexity index is 532. The maximum atomic E-state index is 5.93. The van der Waals surface area contributed by atoms with Gasteiger partial charge in [0.05, 0.1) is 6.10 Å². The lowest BCUT2D eigenvalue weighted by atomic mass is 10.1. The lowest BCUT2D eigenvalue weighted by Gasteiger charge is -2.34. The zero-order valence-corrected chi connectivity index (χ0v) is 18.7. The number of hydrogen-bond donors (Lipinski definition) is 1. The number of nitrogens with one attached hydrogen (secondary N) is 1. The van der Waals surface area contributed by atoms with Crippen molar-refractivity contribution in [1.82, 2.24) is 10.2 Å². The van der Waals surface area contributed by atoms with Gasteiger partial charge in [-0.25, -0.2) is 0 Å². The molecule has 1 aliphatic rings. The molecule has 6 heteroatoms. The van der Waals surface area contributed by atoms with Crippen LogP contribution in [0.1, 0.15) is 30.4 Å². The van der Waals surface area contributed by atoms with Crippen LogP contribution < -0.4 is 5.32 Å². The molecule has 0 atom stereocenters. The van der Waals surface area contributed by atoms with Gasteiger partial charge in [-0.3, -0.25) is 4.99 Å². The number of aryl methyl sites for hydroxylation is 1. The predicted octanol–water partition coefficient (Wildman–Crippen LogP) is 3.25. The van der Waals surface area contributed by atoms with Crippen molar-refractivity contribution >= 4 is 29.9 Å². The summed E-state index contributed by atoms with van der Waals surface area (Å²) < 4.78 is 11.0. The van der Waals surface area contributed by atoms with E-state index in [2.05, 4.69) is 46.4 Å². The average molecular weight is 475 g/mol. The number of nitrogens with zero attached hydrogens (tertiary/aromatic N) is 2. The number of likely N-dealkylation sites (tertiary alicyclic amines) is 1. The van der Waals surface area contributed by atoms with Gasteiger partial charge in [-0.05, 0) is 43.7 Å². The highest BCUT2D eigenvalue weighted by Crippen LogP contribution is 2.14. The molecule has 0 unspecified atom stereocenters. The SMILES string of the molecule is CN=C(NCCc1ccccc1C)N1CCC(OCCCOC)CC1.I. The molecule has 0 saturated carbocycles. The van der Waals surface area contributed by atoms with E-state index in [1.54, 1.807) is 7.11 Å². The minimum Gasteiger partial charge on any atom is -0.385 e. The van der Waals surface area contributed by atoms with Crippen LogP contribution >= 0.6 is 24.0 Å². The zero-order chi connectivity index (χ0) is 17.9. The standard InChI is InChI=1S/C20H33N3O2.HI/c1-17-7-4-5-8-18(17)9-12-22-20(21-2)23-13-10-19(11-14-23)25-16-6-15-24-3;/h4-5,7-8,19H,6,9-16H2,1-3H3,(H,21,22);1H. The summed E-state index contributed by atoms with van der Waals surface area (Å²) in [7, 11) is 3.60. The van der Waals surface area contributed by atoms with Crippen LogP contribution in [0.5, 0.6) is 0 Å². The third-order valence-electron chi connectivity index (χ3n) is 4.74. The van der Waals surface area contributed by atoms with Gasteiger partial charge in [0.15, 0.2) is 5.96 Å². The predicted molar refractivity (Wildman–Crippen MR) is 119 cm³/mol. The fourth-order valence-electron chi connectivity index (χ4n) is 3.22. The summed E-state index contributed by atoms with van der Waals surface area (Å²) >= 11 is 0. The van der Waals surface area contributed by atoms with Crippen molar-refractivity contribution in [2.45, 2.75) is 38.7 Å². The van der Waals surface area contributed by atoms with Crippen LogP contribution in [0.3, 0.4) is 0 Å². The number of ether oxygens (including phenoxy) is 2. The molecular weight excluding hydrogens is 441 g/mol. The largest absolute Gasteiger partial charge is 0.385 e. The fourth-order valence-corrected chi connectivity index (χ4v) is 3.22. The second-order valence-corrected chi connectivity index (χ2v) is 6.55. The number of halogens is 1. The Labute approximate surface area is 175 Å². The van der Waals surface area contributed by atoms with Gasteiger partial charge in [0.2, 0.25) is 0 Å². The minimum absolute atomic E-state index is 0. The summed E-state index contributed by atoms with van der Waals surface area (Å²) in [5, 5.41) is 3.51. The quantitative estimate of drug-likeness (QED) is 0.272. The molecule has 148 valence electrons. The Balaban J connectivity index is 0.00000338. The molecule has 1 fully saturated rings. The van der Waals surface area contributed by atoms with Crippen LogP contribution in [0, 0.1) is 6.92 Å². The molecule has 0 spiro atoms. The molecule has 5 nitrogen and oxygen atoms in total. The Morgan fingerprint density at radius 3 is 2.62 bits per heavy atom. The lowest BCUT2D eigenvalue weighted by molar-refractivity contribution is 0.00992. The van der Waals surface area contributed by atoms with E-state index >= 15 is 0 Å². The first kappa shape index (κ1) is 23.2. The first-order chi connectivity index (χ1) is 12.2. The molecule has 0 aliphatic carbocycles. The highest BCUT2D eigenvalue weighted by Gasteiger charge is 2.21. The number of hydrogen-bond acceptors (Lipinski definition) is 3. The van der Waals surface area contributed by atoms with Crippen molar-refractivity contribution in [2.75, 3.05) is 47.0 Å². The third kappa shape index (κ3) is 7.80. The van der Waals surface area contributed by atoms with Gasteiger partial charge in [0.25, 0.3) is 0 Å². The van der Waals surface area contributed by atoms with Crippen LogP contribution in [0.15, 0.2) is 29.3 Å². The van der Waals surface area contributed by atoms with Crippen LogP contribution in [0.25, 0.3) is 0 Å². The number of aliphatic imine (C=N–C) groups is 1. The number of guanidine groups is 1. The normalized spacial score (nSPS) is 15.7. The zero-order valence-electron chi connectivity index (χ0n) is 16.4. The summed E-state index contributed by atoms with van der Waals surface area (Å²) in [5.41, 5.74) is 2.75. The van der Waals surface area contributed by atoms with E-state index in [0.29, 0.717) is 6.10 Å². The number of piperidine rings is 1. The minimum atomic E-state index is 0. The average Bonchev–Trinajstić information content (AvgIpc) is 2.64. The van der Waals surface area contributed by atoms with E-state index in [4.69, 9.17) is 9.47 Å². The molecule has 1 N–H and O–H groups in total. The Hall–Kier alpha value is -0.860. The van der Waals surface area contributed by atoms with Crippen molar-refractivity contribution in [1.29, 1.82) is 0 Å². The molecule has 2 rings (SSSR count). The van der Waals surface area contributed by atoms with Crippen molar-refractivity contribution < 1.29 is 9.47 Å². The smallest absolute Gasteiger partial charge is 0.193 e. The van der Waals surface area contributed by atoms with E-state index in [9.17, 15) is 0 Å². The highest BCUT2D eigenvalue weighted by molar-refractivity contribution is 14.0. The summed E-state index contributed by atoms with van der Waals surface area (Å²) in [5.74, 6) is 1.01. The molecule has 0 bridgehead atoms. The molecular formula is C20H34IN3O2. The number of rotatable bonds is 8. The van der Waals surface area contributed by atoms with Gasteiger partial charge in [-0.15, -0.1) is 24.0 Å². The molecule has 1 heterocycles. The van der Waals surface area contributed by atoms with Crippen molar-refractivity contribution in [2.24, 2.45) is 4.99 Å². The monoisotopic (exact) mass is 475 g/mol. The lowest BCUT2D eigenvalue weighted by Crippen LogP contribution is -2.47. The van der Waals surface area contributed by atoms with Gasteiger partial charge in [0, 0.05) is 47.0 Å². The maximum absolute atomic E-state index is 5.93. The van der Waals surface area contributed by atoms with Gasteiger partial charge < -0.3 is 19.7 Å². The molecule has 26 heavy (non-hydrogen) atoms. The molecule has 1 saturated heterocycles. The van der Waals surface area contributed by atoms with Crippen molar-refractivity contribution in [3.05, 3.63) is 35.4 Å². The van der Waals surface area contributed by atoms with Crippen LogP contribution in [-0.4, -0.2) is 64.0 Å². The number of benzene rings is 1. The number of methoxy groups -OCH3 is 1. The second kappa shape index (κ2) is 13.3. The first-order valence-electron chi connectivity index (χ1n) is 9.35. The van der Waals surface area contributed by atoms with Crippen molar-refractivity contribution in [3.63, 3.8) is 0 Å². The Kier molecular flexibility index (Phi) is 11.9. The first-order valence-corrected chi connectivity index (χ1v) is 9.35. The molecule has 1 aliphatic heterocycles. The van der Waals surface area contributed by atoms with Crippen LogP contribution in [0.2, 0.25) is 0 Å². The van der Waals surface area contributed by atoms with Gasteiger partial charge in [-0.2, -0.15) is 0 Å². The van der Waals surface area contributed by atoms with E-state index in [0.717, 1.165) is 64.5 Å². The molecule has 1 aromatic carbocycles. The third-order valence-corrected chi connectivity index (χ3v) is 4.74. The maximum Gasteiger partial charge on any atom is 0.193 e. The molecule has 1 aromatic rings. The Morgan fingerprint density at radius 2 is 1.96 bits per heavy atom. The van der Waals surface area contributed by atoms with Crippen LogP contribution in [0.4, 0.5) is 0 Å². The van der Waals surface area contributed by atoms with Gasteiger partial charge >= 0.3 is 0 Å². The van der Waals surface area contributed by atoms with Crippen LogP contribution in [-0.2, 0) is 15.9 Å². The van der Waals surface area contributed by atoms with E-state index in [1.165, 1.54) is 11.1 Å². The van der Waals surface area contributed by atoms with Crippen molar-refractivity contribution in [3.8, 4) is 0 Å². The fraction of sp³-hybridized carbons (Fsp3) is 0.650. The summed E-state index contributed by atoms with van der Waals surface area (Å²) in [6.45, 7) is 6.64. The van der Waals surface area contributed by atoms with Gasteiger partial charge in [0.1, 0.15) is 0 Å². The molecule has 0 amide bonds.